The van der Waals surface area contributed by atoms with Crippen LogP contribution < -0.4 is 14.8 Å². The van der Waals surface area contributed by atoms with Crippen LogP contribution in [-0.2, 0) is 20.8 Å². The van der Waals surface area contributed by atoms with E-state index >= 15 is 0 Å². The smallest absolute Gasteiger partial charge is 0.221 e. The Kier molecular flexibility index (Phi) is 6.34. The van der Waals surface area contributed by atoms with Gasteiger partial charge in [-0.2, -0.15) is 0 Å². The Morgan fingerprint density at radius 2 is 1.85 bits per heavy atom. The lowest BCUT2D eigenvalue weighted by Crippen LogP contribution is -2.45. The van der Waals surface area contributed by atoms with Gasteiger partial charge in [0.1, 0.15) is 0 Å². The van der Waals surface area contributed by atoms with Crippen molar-refractivity contribution in [3.8, 4) is 11.5 Å². The van der Waals surface area contributed by atoms with Gasteiger partial charge in [0.2, 0.25) is 5.91 Å². The lowest BCUT2D eigenvalue weighted by molar-refractivity contribution is -0.185. The molecule has 1 aromatic carbocycles. The molecule has 2 aliphatic heterocycles. The molecule has 7 heteroatoms. The summed E-state index contributed by atoms with van der Waals surface area (Å²) in [6.07, 6.45) is 2.24. The second-order valence-corrected chi connectivity index (χ2v) is 6.67. The highest BCUT2D eigenvalue weighted by Crippen LogP contribution is 2.31. The van der Waals surface area contributed by atoms with Gasteiger partial charge in [0, 0.05) is 45.4 Å². The fourth-order valence-electron chi connectivity index (χ4n) is 3.44. The van der Waals surface area contributed by atoms with E-state index in [2.05, 4.69) is 10.2 Å². The molecule has 0 radical (unpaired) electrons. The van der Waals surface area contributed by atoms with Gasteiger partial charge < -0.3 is 29.2 Å². The Bertz CT molecular complexity index is 606. The fraction of sp³-hybridized carbons (Fsp3) is 0.632. The van der Waals surface area contributed by atoms with E-state index in [9.17, 15) is 4.79 Å². The number of likely N-dealkylation sites (tertiary alicyclic amines) is 1. The first-order chi connectivity index (χ1) is 12.6. The third kappa shape index (κ3) is 4.66. The van der Waals surface area contributed by atoms with Crippen LogP contribution in [-0.4, -0.2) is 63.7 Å². The molecule has 0 atom stereocenters. The number of hydrogen-bond acceptors (Lipinski definition) is 6. The molecule has 0 aromatic heterocycles. The molecule has 0 unspecified atom stereocenters. The van der Waals surface area contributed by atoms with Gasteiger partial charge >= 0.3 is 0 Å². The molecule has 0 bridgehead atoms. The summed E-state index contributed by atoms with van der Waals surface area (Å²) in [6, 6.07) is 5.65. The summed E-state index contributed by atoms with van der Waals surface area (Å²) in [7, 11) is 3.21. The van der Waals surface area contributed by atoms with E-state index in [1.165, 1.54) is 0 Å². The highest BCUT2D eigenvalue weighted by atomic mass is 16.7. The van der Waals surface area contributed by atoms with Crippen LogP contribution in [0.5, 0.6) is 11.5 Å². The summed E-state index contributed by atoms with van der Waals surface area (Å²) in [4.78, 5) is 14.4. The summed E-state index contributed by atoms with van der Waals surface area (Å²) < 4.78 is 22.0. The van der Waals surface area contributed by atoms with Crippen LogP contribution in [0.1, 0.15) is 24.8 Å². The van der Waals surface area contributed by atoms with Crippen LogP contribution in [0, 0.1) is 0 Å². The van der Waals surface area contributed by atoms with E-state index in [1.807, 2.05) is 18.2 Å². The molecule has 2 saturated heterocycles. The Labute approximate surface area is 154 Å². The largest absolute Gasteiger partial charge is 0.493 e. The van der Waals surface area contributed by atoms with Crippen molar-refractivity contribution in [3.05, 3.63) is 23.8 Å². The van der Waals surface area contributed by atoms with E-state index in [-0.39, 0.29) is 11.7 Å². The molecule has 2 aliphatic rings. The number of nitrogens with zero attached hydrogens (tertiary/aromatic N) is 1. The minimum atomic E-state index is -0.355. The molecular weight excluding hydrogens is 336 g/mol. The number of methoxy groups -OCH3 is 2. The zero-order valence-corrected chi connectivity index (χ0v) is 15.6. The van der Waals surface area contributed by atoms with Gasteiger partial charge in [0.05, 0.1) is 27.4 Å². The third-order valence-corrected chi connectivity index (χ3v) is 5.02. The second-order valence-electron chi connectivity index (χ2n) is 6.67. The Hall–Kier alpha value is -1.83. The topological polar surface area (TPSA) is 69.3 Å². The Balaban J connectivity index is 1.38. The molecule has 0 aliphatic carbocycles. The fourth-order valence-corrected chi connectivity index (χ4v) is 3.44. The lowest BCUT2D eigenvalue weighted by atomic mass is 10.0. The van der Waals surface area contributed by atoms with Crippen LogP contribution >= 0.6 is 0 Å². The third-order valence-electron chi connectivity index (χ3n) is 5.02. The summed E-state index contributed by atoms with van der Waals surface area (Å²) in [5.74, 6) is 1.04. The summed E-state index contributed by atoms with van der Waals surface area (Å²) in [6.45, 7) is 4.43. The quantitative estimate of drug-likeness (QED) is 0.792. The number of benzene rings is 1. The van der Waals surface area contributed by atoms with Crippen LogP contribution in [0.4, 0.5) is 0 Å². The average molecular weight is 364 g/mol. The van der Waals surface area contributed by atoms with Crippen molar-refractivity contribution >= 4 is 5.91 Å². The van der Waals surface area contributed by atoms with Crippen molar-refractivity contribution in [1.82, 2.24) is 10.2 Å². The van der Waals surface area contributed by atoms with Crippen molar-refractivity contribution in [1.29, 1.82) is 0 Å². The summed E-state index contributed by atoms with van der Waals surface area (Å²) in [5, 5.41) is 2.96. The molecule has 144 valence electrons. The van der Waals surface area contributed by atoms with Crippen molar-refractivity contribution < 1.29 is 23.7 Å². The van der Waals surface area contributed by atoms with Gasteiger partial charge in [-0.15, -0.1) is 0 Å². The van der Waals surface area contributed by atoms with E-state index < -0.39 is 0 Å². The average Bonchev–Trinajstić information content (AvgIpc) is 3.13. The van der Waals surface area contributed by atoms with Crippen molar-refractivity contribution in [2.75, 3.05) is 47.1 Å². The maximum atomic E-state index is 12.1. The highest BCUT2D eigenvalue weighted by Gasteiger charge is 2.39. The number of amides is 1. The summed E-state index contributed by atoms with van der Waals surface area (Å²) in [5.41, 5.74) is 0.978. The number of rotatable bonds is 7. The maximum Gasteiger partial charge on any atom is 0.221 e. The van der Waals surface area contributed by atoms with E-state index in [4.69, 9.17) is 18.9 Å². The zero-order valence-electron chi connectivity index (χ0n) is 15.6. The van der Waals surface area contributed by atoms with Gasteiger partial charge in [-0.05, 0) is 17.7 Å². The van der Waals surface area contributed by atoms with Gasteiger partial charge in [-0.1, -0.05) is 6.07 Å². The maximum absolute atomic E-state index is 12.1. The first kappa shape index (κ1) is 18.9. The molecule has 1 amide bonds. The monoisotopic (exact) mass is 364 g/mol. The molecule has 7 nitrogen and oxygen atoms in total. The second kappa shape index (κ2) is 8.70. The SMILES string of the molecule is COc1ccc(CNC(=O)CCN2CCC3(CC2)OCCO3)cc1OC. The number of carbonyl (C=O) groups excluding carboxylic acids is 1. The van der Waals surface area contributed by atoms with Crippen LogP contribution in [0.15, 0.2) is 18.2 Å². The van der Waals surface area contributed by atoms with Gasteiger partial charge in [0.15, 0.2) is 17.3 Å². The number of ether oxygens (including phenoxy) is 4. The number of carbonyl (C=O) groups is 1. The molecule has 2 fully saturated rings. The van der Waals surface area contributed by atoms with Gasteiger partial charge in [-0.25, -0.2) is 0 Å². The van der Waals surface area contributed by atoms with E-state index in [0.29, 0.717) is 37.7 Å². The zero-order chi connectivity index (χ0) is 18.4. The standard InChI is InChI=1S/C19H28N2O5/c1-23-16-4-3-15(13-17(16)24-2)14-20-18(22)5-8-21-9-6-19(7-10-21)25-11-12-26-19/h3-4,13H,5-12,14H2,1-2H3,(H,20,22). The predicted octanol–water partition coefficient (Wildman–Crippen LogP) is 1.55. The molecular formula is C19H28N2O5. The number of piperidine rings is 1. The first-order valence-electron chi connectivity index (χ1n) is 9.12. The molecule has 1 spiro atoms. The van der Waals surface area contributed by atoms with Crippen LogP contribution in [0.25, 0.3) is 0 Å². The first-order valence-corrected chi connectivity index (χ1v) is 9.12. The van der Waals surface area contributed by atoms with E-state index in [1.54, 1.807) is 14.2 Å². The minimum absolute atomic E-state index is 0.0495. The molecule has 2 heterocycles. The van der Waals surface area contributed by atoms with Crippen molar-refractivity contribution in [3.63, 3.8) is 0 Å². The molecule has 26 heavy (non-hydrogen) atoms. The van der Waals surface area contributed by atoms with Crippen molar-refractivity contribution in [2.24, 2.45) is 0 Å². The highest BCUT2D eigenvalue weighted by molar-refractivity contribution is 5.76. The Morgan fingerprint density at radius 3 is 2.50 bits per heavy atom. The summed E-state index contributed by atoms with van der Waals surface area (Å²) >= 11 is 0. The normalized spacial score (nSPS) is 19.5. The van der Waals surface area contributed by atoms with Crippen molar-refractivity contribution in [2.45, 2.75) is 31.6 Å². The molecule has 0 saturated carbocycles. The lowest BCUT2D eigenvalue weighted by Gasteiger charge is -2.37. The van der Waals surface area contributed by atoms with Crippen LogP contribution in [0.3, 0.4) is 0 Å². The van der Waals surface area contributed by atoms with E-state index in [0.717, 1.165) is 38.0 Å². The van der Waals surface area contributed by atoms with Gasteiger partial charge in [-0.3, -0.25) is 4.79 Å². The molecule has 3 rings (SSSR count). The molecule has 1 aromatic rings. The molecule has 1 N–H and O–H groups in total. The van der Waals surface area contributed by atoms with Crippen LogP contribution in [0.2, 0.25) is 0 Å². The van der Waals surface area contributed by atoms with Gasteiger partial charge in [0.25, 0.3) is 0 Å². The predicted molar refractivity (Wildman–Crippen MR) is 96.3 cm³/mol. The minimum Gasteiger partial charge on any atom is -0.493 e. The number of hydrogen-bond donors (Lipinski definition) is 1. The number of nitrogens with one attached hydrogen (secondary N) is 1. The Morgan fingerprint density at radius 1 is 1.15 bits per heavy atom.